The first-order chi connectivity index (χ1) is 7.45. The Hall–Kier alpha value is -0.120. The minimum Gasteiger partial charge on any atom is -0.394 e. The molecular formula is C13H27NO2. The van der Waals surface area contributed by atoms with Crippen LogP contribution in [0.4, 0.5) is 0 Å². The van der Waals surface area contributed by atoms with Gasteiger partial charge in [-0.3, -0.25) is 4.90 Å². The van der Waals surface area contributed by atoms with E-state index in [9.17, 15) is 10.2 Å². The highest BCUT2D eigenvalue weighted by Crippen LogP contribution is 2.29. The van der Waals surface area contributed by atoms with Gasteiger partial charge in [-0.15, -0.1) is 0 Å². The van der Waals surface area contributed by atoms with Gasteiger partial charge in [0.25, 0.3) is 0 Å². The maximum absolute atomic E-state index is 10.0. The maximum Gasteiger partial charge on any atom is 0.0669 e. The fraction of sp³-hybridized carbons (Fsp3) is 1.00. The van der Waals surface area contributed by atoms with Crippen LogP contribution in [0.5, 0.6) is 0 Å². The first-order valence-electron chi connectivity index (χ1n) is 6.46. The Morgan fingerprint density at radius 2 is 1.88 bits per heavy atom. The Balaban J connectivity index is 2.29. The Morgan fingerprint density at radius 1 is 1.31 bits per heavy atom. The molecule has 1 aliphatic carbocycles. The van der Waals surface area contributed by atoms with Gasteiger partial charge in [0.2, 0.25) is 0 Å². The Bertz CT molecular complexity index is 200. The van der Waals surface area contributed by atoms with Crippen molar-refractivity contribution in [2.75, 3.05) is 20.2 Å². The molecule has 2 N–H and O–H groups in total. The lowest BCUT2D eigenvalue weighted by Gasteiger charge is -2.35. The number of likely N-dealkylation sites (N-methyl/N-ethyl adjacent to an activating group) is 1. The highest BCUT2D eigenvalue weighted by atomic mass is 16.3. The molecule has 1 unspecified atom stereocenters. The third kappa shape index (κ3) is 4.04. The molecule has 0 aromatic carbocycles. The zero-order valence-electron chi connectivity index (χ0n) is 10.9. The zero-order valence-corrected chi connectivity index (χ0v) is 10.9. The van der Waals surface area contributed by atoms with Crippen molar-refractivity contribution >= 4 is 0 Å². The van der Waals surface area contributed by atoms with Gasteiger partial charge in [0.15, 0.2) is 0 Å². The van der Waals surface area contributed by atoms with Crippen molar-refractivity contribution < 1.29 is 10.2 Å². The van der Waals surface area contributed by atoms with E-state index in [-0.39, 0.29) is 18.2 Å². The average molecular weight is 229 g/mol. The summed E-state index contributed by atoms with van der Waals surface area (Å²) in [5.41, 5.74) is -0.239. The van der Waals surface area contributed by atoms with Gasteiger partial charge in [0.05, 0.1) is 12.7 Å². The van der Waals surface area contributed by atoms with E-state index in [0.717, 1.165) is 12.3 Å². The van der Waals surface area contributed by atoms with Crippen LogP contribution in [0.3, 0.4) is 0 Å². The van der Waals surface area contributed by atoms with Crippen LogP contribution in [0.2, 0.25) is 0 Å². The molecule has 1 atom stereocenters. The molecule has 0 heterocycles. The molecule has 3 nitrogen and oxygen atoms in total. The number of hydrogen-bond acceptors (Lipinski definition) is 3. The summed E-state index contributed by atoms with van der Waals surface area (Å²) >= 11 is 0. The summed E-state index contributed by atoms with van der Waals surface area (Å²) in [5.74, 6) is 0.723. The molecule has 3 heteroatoms. The number of rotatable bonds is 6. The van der Waals surface area contributed by atoms with Crippen LogP contribution in [0.1, 0.15) is 46.0 Å². The lowest BCUT2D eigenvalue weighted by molar-refractivity contribution is 0.0284. The van der Waals surface area contributed by atoms with Crippen molar-refractivity contribution in [1.29, 1.82) is 0 Å². The predicted octanol–water partition coefficient (Wildman–Crippen LogP) is 1.63. The predicted molar refractivity (Wildman–Crippen MR) is 66.4 cm³/mol. The largest absolute Gasteiger partial charge is 0.394 e. The summed E-state index contributed by atoms with van der Waals surface area (Å²) in [6, 6.07) is 0. The third-order valence-electron chi connectivity index (χ3n) is 3.99. The lowest BCUT2D eigenvalue weighted by Crippen LogP contribution is -2.47. The van der Waals surface area contributed by atoms with Crippen molar-refractivity contribution in [2.24, 2.45) is 5.92 Å². The van der Waals surface area contributed by atoms with E-state index in [2.05, 4.69) is 0 Å². The van der Waals surface area contributed by atoms with Crippen molar-refractivity contribution in [1.82, 2.24) is 4.90 Å². The van der Waals surface area contributed by atoms with E-state index in [1.54, 1.807) is 0 Å². The molecule has 1 fully saturated rings. The quantitative estimate of drug-likeness (QED) is 0.727. The smallest absolute Gasteiger partial charge is 0.0669 e. The van der Waals surface area contributed by atoms with Crippen LogP contribution in [-0.4, -0.2) is 47.0 Å². The second-order valence-electron chi connectivity index (χ2n) is 5.89. The minimum atomic E-state index is -0.251. The van der Waals surface area contributed by atoms with E-state index in [1.807, 2.05) is 25.8 Å². The SMILES string of the molecule is CN(CC(O)CC1CCCC1)C(C)(C)CO. The number of aliphatic hydroxyl groups is 2. The molecular weight excluding hydrogens is 202 g/mol. The van der Waals surface area contributed by atoms with Gasteiger partial charge in [0, 0.05) is 12.1 Å². The molecule has 0 spiro atoms. The molecule has 0 saturated heterocycles. The standard InChI is InChI=1S/C13H27NO2/c1-13(2,10-15)14(3)9-12(16)8-11-6-4-5-7-11/h11-12,15-16H,4-10H2,1-3H3. The molecule has 0 amide bonds. The molecule has 1 saturated carbocycles. The molecule has 0 aromatic rings. The number of β-amino-alcohol motifs (C(OH)–C–C–N with tert-alkyl or cyclic N) is 1. The van der Waals surface area contributed by atoms with Gasteiger partial charge in [0.1, 0.15) is 0 Å². The molecule has 1 aliphatic rings. The topological polar surface area (TPSA) is 43.7 Å². The van der Waals surface area contributed by atoms with Crippen LogP contribution < -0.4 is 0 Å². The van der Waals surface area contributed by atoms with E-state index in [1.165, 1.54) is 25.7 Å². The van der Waals surface area contributed by atoms with E-state index >= 15 is 0 Å². The summed E-state index contributed by atoms with van der Waals surface area (Å²) in [6.45, 7) is 4.77. The first kappa shape index (κ1) is 13.9. The molecule has 16 heavy (non-hydrogen) atoms. The second kappa shape index (κ2) is 5.99. The fourth-order valence-electron chi connectivity index (χ4n) is 2.39. The first-order valence-corrected chi connectivity index (χ1v) is 6.46. The Morgan fingerprint density at radius 3 is 2.38 bits per heavy atom. The van der Waals surface area contributed by atoms with Gasteiger partial charge < -0.3 is 10.2 Å². The van der Waals surface area contributed by atoms with Crippen molar-refractivity contribution in [2.45, 2.75) is 57.6 Å². The minimum absolute atomic E-state index is 0.125. The molecule has 0 aromatic heterocycles. The number of nitrogens with zero attached hydrogens (tertiary/aromatic N) is 1. The van der Waals surface area contributed by atoms with Gasteiger partial charge in [-0.05, 0) is 33.2 Å². The Kier molecular flexibility index (Phi) is 5.22. The second-order valence-corrected chi connectivity index (χ2v) is 5.89. The summed E-state index contributed by atoms with van der Waals surface area (Å²) in [6.07, 6.45) is 5.89. The van der Waals surface area contributed by atoms with E-state index < -0.39 is 0 Å². The van der Waals surface area contributed by atoms with Gasteiger partial charge in [-0.1, -0.05) is 25.7 Å². The van der Waals surface area contributed by atoms with Gasteiger partial charge in [-0.25, -0.2) is 0 Å². The normalized spacial score (nSPS) is 20.6. The molecule has 1 rings (SSSR count). The van der Waals surface area contributed by atoms with Crippen LogP contribution in [-0.2, 0) is 0 Å². The average Bonchev–Trinajstić information content (AvgIpc) is 2.70. The molecule has 0 bridgehead atoms. The highest BCUT2D eigenvalue weighted by molar-refractivity contribution is 4.81. The van der Waals surface area contributed by atoms with Crippen molar-refractivity contribution in [3.05, 3.63) is 0 Å². The van der Waals surface area contributed by atoms with Gasteiger partial charge >= 0.3 is 0 Å². The molecule has 0 radical (unpaired) electrons. The molecule has 0 aliphatic heterocycles. The van der Waals surface area contributed by atoms with Crippen LogP contribution in [0.25, 0.3) is 0 Å². The van der Waals surface area contributed by atoms with Crippen LogP contribution >= 0.6 is 0 Å². The zero-order chi connectivity index (χ0) is 12.2. The summed E-state index contributed by atoms with van der Waals surface area (Å²) < 4.78 is 0. The van der Waals surface area contributed by atoms with Crippen LogP contribution in [0, 0.1) is 5.92 Å². The van der Waals surface area contributed by atoms with E-state index in [4.69, 9.17) is 0 Å². The molecule has 96 valence electrons. The third-order valence-corrected chi connectivity index (χ3v) is 3.99. The number of hydrogen-bond donors (Lipinski definition) is 2. The maximum atomic E-state index is 10.0. The fourth-order valence-corrected chi connectivity index (χ4v) is 2.39. The van der Waals surface area contributed by atoms with Gasteiger partial charge in [-0.2, -0.15) is 0 Å². The summed E-state index contributed by atoms with van der Waals surface area (Å²) in [5, 5.41) is 19.3. The van der Waals surface area contributed by atoms with Crippen LogP contribution in [0.15, 0.2) is 0 Å². The monoisotopic (exact) mass is 229 g/mol. The number of aliphatic hydroxyl groups excluding tert-OH is 2. The van der Waals surface area contributed by atoms with Crippen molar-refractivity contribution in [3.63, 3.8) is 0 Å². The summed E-state index contributed by atoms with van der Waals surface area (Å²) in [7, 11) is 1.97. The highest BCUT2D eigenvalue weighted by Gasteiger charge is 2.26. The Labute approximate surface area is 99.5 Å². The van der Waals surface area contributed by atoms with E-state index in [0.29, 0.717) is 6.54 Å². The summed E-state index contributed by atoms with van der Waals surface area (Å²) in [4.78, 5) is 2.05. The van der Waals surface area contributed by atoms with Crippen molar-refractivity contribution in [3.8, 4) is 0 Å². The lowest BCUT2D eigenvalue weighted by atomic mass is 9.98.